The van der Waals surface area contributed by atoms with Crippen LogP contribution in [0.25, 0.3) is 0 Å². The number of carbonyl (C=O) groups is 1. The van der Waals surface area contributed by atoms with E-state index in [1.807, 2.05) is 18.2 Å². The Morgan fingerprint density at radius 2 is 2.05 bits per heavy atom. The zero-order chi connectivity index (χ0) is 15.7. The van der Waals surface area contributed by atoms with Gasteiger partial charge in [0.05, 0.1) is 13.2 Å². The molecule has 0 spiro atoms. The van der Waals surface area contributed by atoms with E-state index in [2.05, 4.69) is 0 Å². The molecule has 1 aromatic heterocycles. The highest BCUT2D eigenvalue weighted by atomic mass is 16.5. The summed E-state index contributed by atoms with van der Waals surface area (Å²) < 4.78 is 10.3. The van der Waals surface area contributed by atoms with E-state index < -0.39 is 18.3 Å². The first-order chi connectivity index (χ1) is 10.6. The second kappa shape index (κ2) is 5.82. The molecule has 0 aliphatic carbocycles. The Kier molecular flexibility index (Phi) is 3.87. The summed E-state index contributed by atoms with van der Waals surface area (Å²) >= 11 is 0. The minimum absolute atomic E-state index is 0.124. The number of hydrogen-bond acceptors (Lipinski definition) is 6. The molecule has 2 N–H and O–H groups in total. The predicted octanol–water partition coefficient (Wildman–Crippen LogP) is 1.83. The molecule has 1 aromatic carbocycles. The van der Waals surface area contributed by atoms with Gasteiger partial charge in [-0.15, -0.1) is 0 Å². The van der Waals surface area contributed by atoms with Crippen LogP contribution in [0.4, 0.5) is 5.69 Å². The summed E-state index contributed by atoms with van der Waals surface area (Å²) in [4.78, 5) is 13.2. The summed E-state index contributed by atoms with van der Waals surface area (Å²) in [6, 6.07) is 10.4. The van der Waals surface area contributed by atoms with Gasteiger partial charge in [-0.2, -0.15) is 0 Å². The van der Waals surface area contributed by atoms with E-state index in [0.29, 0.717) is 11.3 Å². The van der Waals surface area contributed by atoms with Crippen LogP contribution in [0, 0.1) is 0 Å². The second-order valence-corrected chi connectivity index (χ2v) is 5.03. The molecular weight excluding hydrogens is 286 g/mol. The Hall–Kier alpha value is -2.31. The summed E-state index contributed by atoms with van der Waals surface area (Å²) in [5, 5.41) is 20.2. The third-order valence-electron chi connectivity index (χ3n) is 3.63. The SMILES string of the molecule is CCOC(=O)c1ccc(CN2c3ccccc3C(O)C2O)o1. The molecule has 2 heterocycles. The number of anilines is 1. The molecule has 22 heavy (non-hydrogen) atoms. The summed E-state index contributed by atoms with van der Waals surface area (Å²) in [6.45, 7) is 2.24. The van der Waals surface area contributed by atoms with Crippen LogP contribution in [0.3, 0.4) is 0 Å². The largest absolute Gasteiger partial charge is 0.460 e. The van der Waals surface area contributed by atoms with Gasteiger partial charge >= 0.3 is 5.97 Å². The quantitative estimate of drug-likeness (QED) is 0.838. The minimum Gasteiger partial charge on any atom is -0.460 e. The topological polar surface area (TPSA) is 83.1 Å². The summed E-state index contributed by atoms with van der Waals surface area (Å²) in [7, 11) is 0. The molecule has 2 aromatic rings. The number of carbonyl (C=O) groups excluding carboxylic acids is 1. The third kappa shape index (κ3) is 2.47. The Morgan fingerprint density at radius 3 is 2.82 bits per heavy atom. The maximum absolute atomic E-state index is 11.6. The molecule has 116 valence electrons. The van der Waals surface area contributed by atoms with Crippen molar-refractivity contribution in [2.75, 3.05) is 11.5 Å². The van der Waals surface area contributed by atoms with Gasteiger partial charge < -0.3 is 24.3 Å². The first kappa shape index (κ1) is 14.6. The highest BCUT2D eigenvalue weighted by Crippen LogP contribution is 2.39. The van der Waals surface area contributed by atoms with Gasteiger partial charge in [-0.05, 0) is 25.1 Å². The molecule has 0 saturated heterocycles. The fraction of sp³-hybridized carbons (Fsp3) is 0.312. The normalized spacial score (nSPS) is 20.0. The van der Waals surface area contributed by atoms with E-state index in [9.17, 15) is 15.0 Å². The van der Waals surface area contributed by atoms with E-state index >= 15 is 0 Å². The van der Waals surface area contributed by atoms with Gasteiger partial charge in [0.2, 0.25) is 5.76 Å². The predicted molar refractivity (Wildman–Crippen MR) is 78.3 cm³/mol. The van der Waals surface area contributed by atoms with Gasteiger partial charge in [-0.1, -0.05) is 18.2 Å². The second-order valence-electron chi connectivity index (χ2n) is 5.03. The average Bonchev–Trinajstić information content (AvgIpc) is 3.08. The number of benzene rings is 1. The van der Waals surface area contributed by atoms with E-state index in [1.54, 1.807) is 24.0 Å². The van der Waals surface area contributed by atoms with Crippen LogP contribution in [0.15, 0.2) is 40.8 Å². The number of hydrogen-bond donors (Lipinski definition) is 2. The van der Waals surface area contributed by atoms with Crippen molar-refractivity contribution in [3.8, 4) is 0 Å². The number of rotatable bonds is 4. The molecule has 6 heteroatoms. The maximum Gasteiger partial charge on any atom is 0.374 e. The lowest BCUT2D eigenvalue weighted by Gasteiger charge is -2.23. The Balaban J connectivity index is 1.80. The Labute approximate surface area is 127 Å². The Morgan fingerprint density at radius 1 is 1.27 bits per heavy atom. The molecule has 1 aliphatic heterocycles. The number of nitrogens with zero attached hydrogens (tertiary/aromatic N) is 1. The van der Waals surface area contributed by atoms with Gasteiger partial charge in [0.1, 0.15) is 11.9 Å². The van der Waals surface area contributed by atoms with Crippen LogP contribution < -0.4 is 4.90 Å². The van der Waals surface area contributed by atoms with Crippen molar-refractivity contribution in [3.05, 3.63) is 53.5 Å². The van der Waals surface area contributed by atoms with E-state index in [-0.39, 0.29) is 18.9 Å². The van der Waals surface area contributed by atoms with Crippen LogP contribution in [0.5, 0.6) is 0 Å². The number of esters is 1. The fourth-order valence-electron chi connectivity index (χ4n) is 2.59. The highest BCUT2D eigenvalue weighted by molar-refractivity contribution is 5.86. The molecule has 0 amide bonds. The van der Waals surface area contributed by atoms with E-state index in [1.165, 1.54) is 6.07 Å². The molecule has 0 fully saturated rings. The number of furan rings is 1. The molecule has 2 unspecified atom stereocenters. The molecule has 6 nitrogen and oxygen atoms in total. The van der Waals surface area contributed by atoms with Gasteiger partial charge in [0, 0.05) is 11.3 Å². The van der Waals surface area contributed by atoms with Crippen molar-refractivity contribution in [1.29, 1.82) is 0 Å². The number of aliphatic hydroxyl groups is 2. The molecular formula is C16H17NO5. The zero-order valence-electron chi connectivity index (χ0n) is 12.1. The van der Waals surface area contributed by atoms with Crippen molar-refractivity contribution in [3.63, 3.8) is 0 Å². The molecule has 0 saturated carbocycles. The van der Waals surface area contributed by atoms with Crippen molar-refractivity contribution in [1.82, 2.24) is 0 Å². The third-order valence-corrected chi connectivity index (χ3v) is 3.63. The van der Waals surface area contributed by atoms with E-state index in [0.717, 1.165) is 5.69 Å². The molecule has 0 radical (unpaired) electrons. The highest BCUT2D eigenvalue weighted by Gasteiger charge is 2.36. The number of aliphatic hydroxyl groups excluding tert-OH is 2. The first-order valence-electron chi connectivity index (χ1n) is 7.09. The van der Waals surface area contributed by atoms with Crippen molar-refractivity contribution in [2.24, 2.45) is 0 Å². The number of fused-ring (bicyclic) bond motifs is 1. The van der Waals surface area contributed by atoms with Crippen molar-refractivity contribution >= 4 is 11.7 Å². The standard InChI is InChI=1S/C16H17NO5/c1-2-21-16(20)13-8-7-10(22-13)9-17-12-6-4-3-5-11(12)14(18)15(17)19/h3-8,14-15,18-19H,2,9H2,1H3. The van der Waals surface area contributed by atoms with Crippen LogP contribution in [-0.4, -0.2) is 29.0 Å². The minimum atomic E-state index is -1.05. The Bertz CT molecular complexity index is 681. The van der Waals surface area contributed by atoms with Crippen LogP contribution in [-0.2, 0) is 11.3 Å². The number of para-hydroxylation sites is 1. The summed E-state index contributed by atoms with van der Waals surface area (Å²) in [6.07, 6.45) is -2.01. The lowest BCUT2D eigenvalue weighted by molar-refractivity contribution is 0.0272. The van der Waals surface area contributed by atoms with Crippen LogP contribution in [0.2, 0.25) is 0 Å². The zero-order valence-corrected chi connectivity index (χ0v) is 12.1. The fourth-order valence-corrected chi connectivity index (χ4v) is 2.59. The smallest absolute Gasteiger partial charge is 0.374 e. The summed E-state index contributed by atoms with van der Waals surface area (Å²) in [5.74, 6) is 0.113. The van der Waals surface area contributed by atoms with Crippen molar-refractivity contribution < 1.29 is 24.2 Å². The lowest BCUT2D eigenvalue weighted by atomic mass is 10.1. The molecule has 2 atom stereocenters. The van der Waals surface area contributed by atoms with Gasteiger partial charge in [0.25, 0.3) is 0 Å². The van der Waals surface area contributed by atoms with Crippen LogP contribution in [0.1, 0.15) is 34.9 Å². The average molecular weight is 303 g/mol. The van der Waals surface area contributed by atoms with Gasteiger partial charge in [0.15, 0.2) is 6.23 Å². The van der Waals surface area contributed by atoms with Crippen LogP contribution >= 0.6 is 0 Å². The monoisotopic (exact) mass is 303 g/mol. The summed E-state index contributed by atoms with van der Waals surface area (Å²) in [5.41, 5.74) is 1.42. The number of ether oxygens (including phenoxy) is 1. The first-order valence-corrected chi connectivity index (χ1v) is 7.09. The van der Waals surface area contributed by atoms with Gasteiger partial charge in [-0.3, -0.25) is 0 Å². The molecule has 0 bridgehead atoms. The lowest BCUT2D eigenvalue weighted by Crippen LogP contribution is -2.33. The maximum atomic E-state index is 11.6. The van der Waals surface area contributed by atoms with Crippen molar-refractivity contribution in [2.45, 2.75) is 25.8 Å². The van der Waals surface area contributed by atoms with E-state index in [4.69, 9.17) is 9.15 Å². The molecule has 3 rings (SSSR count). The van der Waals surface area contributed by atoms with Gasteiger partial charge in [-0.25, -0.2) is 4.79 Å². The molecule has 1 aliphatic rings.